The number of ether oxygens (including phenoxy) is 1. The molecule has 2 heterocycles. The zero-order valence-corrected chi connectivity index (χ0v) is 14.6. The zero-order valence-electron chi connectivity index (χ0n) is 13.8. The first-order chi connectivity index (χ1) is 12.0. The number of halogens is 2. The van der Waals surface area contributed by atoms with Crippen LogP contribution < -0.4 is 15.1 Å². The van der Waals surface area contributed by atoms with Crippen molar-refractivity contribution >= 4 is 35.1 Å². The van der Waals surface area contributed by atoms with Crippen molar-refractivity contribution in [2.75, 3.05) is 48.0 Å². The van der Waals surface area contributed by atoms with Crippen LogP contribution in [-0.4, -0.2) is 56.3 Å². The van der Waals surface area contributed by atoms with Gasteiger partial charge in [-0.1, -0.05) is 0 Å². The van der Waals surface area contributed by atoms with Gasteiger partial charge in [0.15, 0.2) is 17.7 Å². The predicted octanol–water partition coefficient (Wildman–Crippen LogP) is 1.98. The molecule has 0 radical (unpaired) electrons. The maximum absolute atomic E-state index is 14.6. The molecule has 2 saturated heterocycles. The summed E-state index contributed by atoms with van der Waals surface area (Å²) in [4.78, 5) is 26.3. The Kier molecular flexibility index (Phi) is 5.31. The van der Waals surface area contributed by atoms with Gasteiger partial charge in [0.25, 0.3) is 5.91 Å². The summed E-state index contributed by atoms with van der Waals surface area (Å²) in [5.74, 6) is -0.128. The number of anilines is 2. The summed E-state index contributed by atoms with van der Waals surface area (Å²) in [6.45, 7) is 1.07. The molecule has 3 rings (SSSR count). The van der Waals surface area contributed by atoms with Crippen LogP contribution in [0.3, 0.4) is 0 Å². The molecule has 1 aromatic rings. The molecule has 2 amide bonds. The lowest BCUT2D eigenvalue weighted by molar-refractivity contribution is -0.127. The third-order valence-corrected chi connectivity index (χ3v) is 5.25. The van der Waals surface area contributed by atoms with E-state index in [1.165, 1.54) is 7.05 Å². The minimum Gasteiger partial charge on any atom is -0.434 e. The number of hydrogen-bond donors (Lipinski definition) is 1. The Balaban J connectivity index is 1.84. The quantitative estimate of drug-likeness (QED) is 0.880. The van der Waals surface area contributed by atoms with Gasteiger partial charge in [0.05, 0.1) is 12.2 Å². The zero-order chi connectivity index (χ0) is 18.0. The summed E-state index contributed by atoms with van der Waals surface area (Å²) in [6, 6.07) is 2.23. The van der Waals surface area contributed by atoms with Crippen LogP contribution in [0.15, 0.2) is 12.1 Å². The van der Waals surface area contributed by atoms with Gasteiger partial charge in [-0.05, 0) is 12.2 Å². The summed E-state index contributed by atoms with van der Waals surface area (Å²) >= 11 is 1.76. The SMILES string of the molecule is CNC(=O)C1CN(c2cc(F)c(N3CCCSCC3)c(F)c2)C(=O)O1. The largest absolute Gasteiger partial charge is 0.434 e. The molecule has 0 saturated carbocycles. The number of likely N-dealkylation sites (N-methyl/N-ethyl adjacent to an activating group) is 1. The van der Waals surface area contributed by atoms with Gasteiger partial charge in [-0.25, -0.2) is 13.6 Å². The van der Waals surface area contributed by atoms with E-state index in [1.807, 2.05) is 0 Å². The molecule has 136 valence electrons. The van der Waals surface area contributed by atoms with E-state index in [2.05, 4.69) is 5.32 Å². The van der Waals surface area contributed by atoms with E-state index in [1.54, 1.807) is 16.7 Å². The van der Waals surface area contributed by atoms with Crippen LogP contribution in [0.2, 0.25) is 0 Å². The molecule has 2 aliphatic rings. The molecular formula is C16H19F2N3O3S. The van der Waals surface area contributed by atoms with Crippen molar-refractivity contribution in [2.24, 2.45) is 0 Å². The van der Waals surface area contributed by atoms with Crippen LogP contribution >= 0.6 is 11.8 Å². The van der Waals surface area contributed by atoms with E-state index < -0.39 is 29.7 Å². The highest BCUT2D eigenvalue weighted by Crippen LogP contribution is 2.32. The smallest absolute Gasteiger partial charge is 0.415 e. The van der Waals surface area contributed by atoms with Gasteiger partial charge in [0.1, 0.15) is 5.69 Å². The van der Waals surface area contributed by atoms with Crippen molar-refractivity contribution in [1.29, 1.82) is 0 Å². The molecule has 6 nitrogen and oxygen atoms in total. The topological polar surface area (TPSA) is 61.9 Å². The number of hydrogen-bond acceptors (Lipinski definition) is 5. The van der Waals surface area contributed by atoms with Gasteiger partial charge in [-0.3, -0.25) is 9.69 Å². The molecule has 1 atom stereocenters. The van der Waals surface area contributed by atoms with Crippen molar-refractivity contribution < 1.29 is 23.1 Å². The average molecular weight is 371 g/mol. The number of nitrogens with zero attached hydrogens (tertiary/aromatic N) is 2. The van der Waals surface area contributed by atoms with E-state index >= 15 is 0 Å². The fraction of sp³-hybridized carbons (Fsp3) is 0.500. The second kappa shape index (κ2) is 7.47. The van der Waals surface area contributed by atoms with Gasteiger partial charge < -0.3 is 15.0 Å². The molecule has 25 heavy (non-hydrogen) atoms. The first-order valence-electron chi connectivity index (χ1n) is 8.02. The Hall–Kier alpha value is -2.03. The summed E-state index contributed by atoms with van der Waals surface area (Å²) in [7, 11) is 1.42. The van der Waals surface area contributed by atoms with Crippen molar-refractivity contribution in [1.82, 2.24) is 5.32 Å². The van der Waals surface area contributed by atoms with Crippen LogP contribution in [0.1, 0.15) is 6.42 Å². The number of amides is 2. The number of carbonyl (C=O) groups excluding carboxylic acids is 2. The summed E-state index contributed by atoms with van der Waals surface area (Å²) < 4.78 is 34.1. The molecule has 2 aliphatic heterocycles. The maximum Gasteiger partial charge on any atom is 0.415 e. The number of thioether (sulfide) groups is 1. The number of rotatable bonds is 3. The van der Waals surface area contributed by atoms with Crippen molar-refractivity contribution in [3.05, 3.63) is 23.8 Å². The van der Waals surface area contributed by atoms with E-state index in [4.69, 9.17) is 4.74 Å². The second-order valence-corrected chi connectivity index (χ2v) is 7.03. The van der Waals surface area contributed by atoms with Crippen molar-refractivity contribution in [3.63, 3.8) is 0 Å². The van der Waals surface area contributed by atoms with Crippen LogP contribution in [0.5, 0.6) is 0 Å². The Morgan fingerprint density at radius 1 is 1.28 bits per heavy atom. The molecule has 1 N–H and O–H groups in total. The Morgan fingerprint density at radius 3 is 2.68 bits per heavy atom. The summed E-state index contributed by atoms with van der Waals surface area (Å²) in [5, 5.41) is 2.38. The molecule has 2 fully saturated rings. The van der Waals surface area contributed by atoms with Crippen molar-refractivity contribution in [3.8, 4) is 0 Å². The Bertz CT molecular complexity index is 658. The number of cyclic esters (lactones) is 1. The highest BCUT2D eigenvalue weighted by Gasteiger charge is 2.37. The fourth-order valence-electron chi connectivity index (χ4n) is 2.95. The van der Waals surface area contributed by atoms with Gasteiger partial charge in [-0.2, -0.15) is 11.8 Å². The first-order valence-corrected chi connectivity index (χ1v) is 9.18. The van der Waals surface area contributed by atoms with Crippen LogP contribution in [0.25, 0.3) is 0 Å². The molecule has 1 aromatic carbocycles. The van der Waals surface area contributed by atoms with E-state index in [-0.39, 0.29) is 17.9 Å². The number of carbonyl (C=O) groups is 2. The fourth-order valence-corrected chi connectivity index (χ4v) is 3.84. The Labute approximate surface area is 148 Å². The number of benzene rings is 1. The monoisotopic (exact) mass is 371 g/mol. The lowest BCUT2D eigenvalue weighted by atomic mass is 10.2. The Morgan fingerprint density at radius 2 is 2.00 bits per heavy atom. The standard InChI is InChI=1S/C16H19F2N3O3S/c1-19-15(22)13-9-21(16(23)24-13)10-7-11(17)14(12(18)8-10)20-3-2-5-25-6-4-20/h7-8,13H,2-6,9H2,1H3,(H,19,22). The normalized spacial score (nSPS) is 21.1. The maximum atomic E-state index is 14.6. The van der Waals surface area contributed by atoms with E-state index in [9.17, 15) is 18.4 Å². The van der Waals surface area contributed by atoms with Crippen LogP contribution in [0, 0.1) is 11.6 Å². The van der Waals surface area contributed by atoms with Crippen LogP contribution in [-0.2, 0) is 9.53 Å². The third-order valence-electron chi connectivity index (χ3n) is 4.20. The van der Waals surface area contributed by atoms with Crippen LogP contribution in [0.4, 0.5) is 25.0 Å². The summed E-state index contributed by atoms with van der Waals surface area (Å²) in [5.41, 5.74) is -0.0268. The average Bonchev–Trinajstić information content (AvgIpc) is 2.79. The predicted molar refractivity (Wildman–Crippen MR) is 92.2 cm³/mol. The lowest BCUT2D eigenvalue weighted by Crippen LogP contribution is -2.35. The minimum atomic E-state index is -0.995. The number of nitrogens with one attached hydrogen (secondary N) is 1. The molecule has 0 bridgehead atoms. The highest BCUT2D eigenvalue weighted by atomic mass is 32.2. The van der Waals surface area contributed by atoms with Gasteiger partial charge in [0, 0.05) is 38.0 Å². The first kappa shape index (κ1) is 17.8. The van der Waals surface area contributed by atoms with E-state index in [0.717, 1.165) is 35.0 Å². The molecule has 0 aliphatic carbocycles. The van der Waals surface area contributed by atoms with Gasteiger partial charge in [-0.15, -0.1) is 0 Å². The minimum absolute atomic E-state index is 0.0411. The molecular weight excluding hydrogens is 352 g/mol. The van der Waals surface area contributed by atoms with E-state index in [0.29, 0.717) is 13.1 Å². The molecule has 1 unspecified atom stereocenters. The lowest BCUT2D eigenvalue weighted by Gasteiger charge is -2.24. The van der Waals surface area contributed by atoms with Crippen molar-refractivity contribution in [2.45, 2.75) is 12.5 Å². The van der Waals surface area contributed by atoms with Gasteiger partial charge in [0.2, 0.25) is 0 Å². The summed E-state index contributed by atoms with van der Waals surface area (Å²) in [6.07, 6.45) is -0.936. The molecule has 9 heteroatoms. The van der Waals surface area contributed by atoms with Gasteiger partial charge >= 0.3 is 6.09 Å². The highest BCUT2D eigenvalue weighted by molar-refractivity contribution is 7.99. The second-order valence-electron chi connectivity index (χ2n) is 5.81. The molecule has 0 spiro atoms. The third kappa shape index (κ3) is 3.65. The molecule has 0 aromatic heterocycles.